The summed E-state index contributed by atoms with van der Waals surface area (Å²) in [6, 6.07) is 28.5. The molecule has 274 valence electrons. The van der Waals surface area contributed by atoms with Crippen LogP contribution in [0.4, 0.5) is 5.69 Å². The van der Waals surface area contributed by atoms with E-state index in [0.717, 1.165) is 21.7 Å². The van der Waals surface area contributed by atoms with Gasteiger partial charge in [0.2, 0.25) is 11.8 Å². The summed E-state index contributed by atoms with van der Waals surface area (Å²) in [5.74, 6) is -4.11. The fraction of sp³-hybridized carbons (Fsp3) is 0.273. The van der Waals surface area contributed by atoms with E-state index in [2.05, 4.69) is 5.43 Å². The van der Waals surface area contributed by atoms with Gasteiger partial charge in [0.05, 0.1) is 36.0 Å². The molecule has 4 aromatic carbocycles. The Morgan fingerprint density at radius 2 is 1.61 bits per heavy atom. The van der Waals surface area contributed by atoms with E-state index >= 15 is 4.79 Å². The van der Waals surface area contributed by atoms with Crippen molar-refractivity contribution in [2.45, 2.75) is 31.6 Å². The van der Waals surface area contributed by atoms with Crippen LogP contribution in [0.15, 0.2) is 115 Å². The highest BCUT2D eigenvalue weighted by molar-refractivity contribution is 6.13. The molecule has 8 rings (SSSR count). The maximum absolute atomic E-state index is 15.2. The Hall–Kier alpha value is -6.16. The van der Waals surface area contributed by atoms with Gasteiger partial charge < -0.3 is 14.9 Å². The molecule has 2 aliphatic heterocycles. The first-order chi connectivity index (χ1) is 26.1. The molecule has 6 unspecified atom stereocenters. The molecule has 54 heavy (non-hydrogen) atoms. The van der Waals surface area contributed by atoms with Crippen molar-refractivity contribution >= 4 is 35.4 Å². The zero-order valence-corrected chi connectivity index (χ0v) is 30.0. The zero-order valence-electron chi connectivity index (χ0n) is 30.0. The molecular weight excluding hydrogens is 682 g/mol. The van der Waals surface area contributed by atoms with Crippen LogP contribution in [0.5, 0.6) is 17.2 Å². The van der Waals surface area contributed by atoms with Crippen molar-refractivity contribution in [2.24, 2.45) is 29.6 Å². The normalized spacial score (nSPS) is 26.1. The second-order valence-electron chi connectivity index (χ2n) is 14.7. The number of likely N-dealkylation sites (tertiary alicyclic amines) is 1. The largest absolute Gasteiger partial charge is 0.508 e. The molecule has 2 aliphatic carbocycles. The van der Waals surface area contributed by atoms with Crippen molar-refractivity contribution in [3.05, 3.63) is 137 Å². The molecule has 1 saturated carbocycles. The van der Waals surface area contributed by atoms with Crippen LogP contribution in [0.3, 0.4) is 0 Å². The zero-order chi connectivity index (χ0) is 37.7. The number of hydrogen-bond donors (Lipinski definition) is 3. The number of phenols is 2. The quantitative estimate of drug-likeness (QED) is 0.138. The highest BCUT2D eigenvalue weighted by atomic mass is 16.5. The van der Waals surface area contributed by atoms with E-state index in [-0.39, 0.29) is 42.0 Å². The van der Waals surface area contributed by atoms with Crippen molar-refractivity contribution in [3.8, 4) is 17.2 Å². The second-order valence-corrected chi connectivity index (χ2v) is 14.7. The molecule has 2 saturated heterocycles. The number of aryl methyl sites for hydroxylation is 1. The number of nitrogens with one attached hydrogen (secondary N) is 1. The summed E-state index contributed by atoms with van der Waals surface area (Å²) in [7, 11) is 1.47. The number of methoxy groups -OCH3 is 1. The lowest BCUT2D eigenvalue weighted by atomic mass is 9.50. The molecule has 6 atom stereocenters. The van der Waals surface area contributed by atoms with Gasteiger partial charge in [-0.05, 0) is 85.2 Å². The molecule has 4 aliphatic rings. The minimum absolute atomic E-state index is 0.0111. The van der Waals surface area contributed by atoms with Gasteiger partial charge in [-0.2, -0.15) is 5.01 Å². The number of nitrogens with zero attached hydrogens (tertiary/aromatic N) is 2. The van der Waals surface area contributed by atoms with Gasteiger partial charge in [-0.25, -0.2) is 0 Å². The van der Waals surface area contributed by atoms with Crippen molar-refractivity contribution in [1.29, 1.82) is 0 Å². The first-order valence-electron chi connectivity index (χ1n) is 18.3. The number of imide groups is 2. The number of carbonyl (C=O) groups is 4. The van der Waals surface area contributed by atoms with Crippen molar-refractivity contribution in [2.75, 3.05) is 19.1 Å². The molecular formula is C44H41N3O7. The van der Waals surface area contributed by atoms with E-state index in [9.17, 15) is 24.6 Å². The molecule has 3 N–H and O–H groups in total. The number of fused-ring (bicyclic) bond motifs is 4. The SMILES string of the molecule is COc1cc(C=CC2C3=CCC4C(=O)N(CCc5ccc(O)cc5)C(=O)C4C3CC3C(=O)N(Nc4ccc(C)cc4)C(=O)C23c2ccccc2)ccc1O. The van der Waals surface area contributed by atoms with Crippen molar-refractivity contribution in [3.63, 3.8) is 0 Å². The van der Waals surface area contributed by atoms with E-state index < -0.39 is 46.8 Å². The van der Waals surface area contributed by atoms with Crippen molar-refractivity contribution in [1.82, 2.24) is 9.91 Å². The number of allylic oxidation sites excluding steroid dienone is 3. The fourth-order valence-electron chi connectivity index (χ4n) is 9.19. The van der Waals surface area contributed by atoms with Gasteiger partial charge in [-0.3, -0.25) is 29.5 Å². The molecule has 0 spiro atoms. The minimum Gasteiger partial charge on any atom is -0.508 e. The molecule has 0 bridgehead atoms. The van der Waals surface area contributed by atoms with Crippen LogP contribution < -0.4 is 10.2 Å². The summed E-state index contributed by atoms with van der Waals surface area (Å²) in [5, 5.41) is 21.2. The number of phenolic OH excluding ortho intramolecular Hbond substituents is 2. The van der Waals surface area contributed by atoms with E-state index in [0.29, 0.717) is 29.7 Å². The predicted molar refractivity (Wildman–Crippen MR) is 202 cm³/mol. The van der Waals surface area contributed by atoms with Gasteiger partial charge in [0.1, 0.15) is 5.75 Å². The second kappa shape index (κ2) is 13.7. The third-order valence-electron chi connectivity index (χ3n) is 11.8. The summed E-state index contributed by atoms with van der Waals surface area (Å²) >= 11 is 0. The first kappa shape index (κ1) is 34.9. The monoisotopic (exact) mass is 723 g/mol. The summed E-state index contributed by atoms with van der Waals surface area (Å²) in [4.78, 5) is 59.7. The Balaban J connectivity index is 1.23. The third kappa shape index (κ3) is 5.64. The summed E-state index contributed by atoms with van der Waals surface area (Å²) in [6.45, 7) is 2.16. The Bertz CT molecular complexity index is 2200. The summed E-state index contributed by atoms with van der Waals surface area (Å²) < 4.78 is 5.37. The van der Waals surface area contributed by atoms with E-state index in [1.54, 1.807) is 36.4 Å². The van der Waals surface area contributed by atoms with E-state index in [4.69, 9.17) is 4.74 Å². The highest BCUT2D eigenvalue weighted by Gasteiger charge is 2.69. The summed E-state index contributed by atoms with van der Waals surface area (Å²) in [6.07, 6.45) is 6.81. The van der Waals surface area contributed by atoms with Crippen LogP contribution in [0.2, 0.25) is 0 Å². The maximum Gasteiger partial charge on any atom is 0.260 e. The Morgan fingerprint density at radius 3 is 2.33 bits per heavy atom. The molecule has 4 aromatic rings. The number of carbonyl (C=O) groups excluding carboxylic acids is 4. The Labute approximate surface area is 313 Å². The van der Waals surface area contributed by atoms with Crippen LogP contribution in [0.1, 0.15) is 35.1 Å². The number of ether oxygens (including phenoxy) is 1. The molecule has 2 heterocycles. The number of amides is 4. The van der Waals surface area contributed by atoms with Crippen LogP contribution >= 0.6 is 0 Å². The molecule has 4 amide bonds. The third-order valence-corrected chi connectivity index (χ3v) is 11.8. The van der Waals surface area contributed by atoms with E-state index in [1.165, 1.54) is 18.1 Å². The highest BCUT2D eigenvalue weighted by Crippen LogP contribution is 2.61. The molecule has 3 fully saturated rings. The van der Waals surface area contributed by atoms with Crippen LogP contribution in [-0.4, -0.2) is 57.4 Å². The number of rotatable bonds is 9. The van der Waals surface area contributed by atoms with Crippen LogP contribution in [-0.2, 0) is 31.0 Å². The average Bonchev–Trinajstić information content (AvgIpc) is 3.56. The smallest absolute Gasteiger partial charge is 0.260 e. The number of hydrazine groups is 1. The van der Waals surface area contributed by atoms with Gasteiger partial charge in [0, 0.05) is 12.5 Å². The van der Waals surface area contributed by atoms with E-state index in [1.807, 2.05) is 79.7 Å². The van der Waals surface area contributed by atoms with Gasteiger partial charge in [-0.15, -0.1) is 0 Å². The number of aromatic hydroxyl groups is 2. The number of benzene rings is 4. The van der Waals surface area contributed by atoms with Crippen LogP contribution in [0.25, 0.3) is 6.08 Å². The molecule has 0 aromatic heterocycles. The van der Waals surface area contributed by atoms with Crippen LogP contribution in [0, 0.1) is 36.5 Å². The fourth-order valence-corrected chi connectivity index (χ4v) is 9.19. The lowest BCUT2D eigenvalue weighted by Gasteiger charge is -2.49. The Kier molecular flexibility index (Phi) is 8.84. The predicted octanol–water partition coefficient (Wildman–Crippen LogP) is 6.19. The van der Waals surface area contributed by atoms with Gasteiger partial charge in [0.25, 0.3) is 11.8 Å². The summed E-state index contributed by atoms with van der Waals surface area (Å²) in [5.41, 5.74) is 6.51. The Morgan fingerprint density at radius 1 is 0.870 bits per heavy atom. The number of hydrogen-bond acceptors (Lipinski definition) is 8. The standard InChI is InChI=1S/C44H41N3O7/c1-26-8-14-30(15-9-26)45-47-41(51)36-25-34-32(18-19-33-39(34)42(52)46(40(33)50)23-22-27-10-16-31(48)17-11-27)35(20-12-28-13-21-37(49)38(24-28)54-2)44(36,43(47)53)29-6-4-3-5-7-29/h3-18,20-21,24,33-36,39,45,48-49H,19,22-23,25H2,1-2H3. The lowest BCUT2D eigenvalue weighted by molar-refractivity contribution is -0.141. The van der Waals surface area contributed by atoms with Gasteiger partial charge >= 0.3 is 0 Å². The van der Waals surface area contributed by atoms with Gasteiger partial charge in [0.15, 0.2) is 11.5 Å². The molecule has 0 radical (unpaired) electrons. The molecule has 10 heteroatoms. The molecule has 10 nitrogen and oxygen atoms in total. The topological polar surface area (TPSA) is 136 Å². The van der Waals surface area contributed by atoms with Crippen molar-refractivity contribution < 1.29 is 34.1 Å². The average molecular weight is 724 g/mol. The maximum atomic E-state index is 15.2. The minimum atomic E-state index is -1.37. The first-order valence-corrected chi connectivity index (χ1v) is 18.3. The van der Waals surface area contributed by atoms with Gasteiger partial charge in [-0.1, -0.05) is 90.0 Å². The number of anilines is 1. The lowest BCUT2D eigenvalue weighted by Crippen LogP contribution is -2.54.